The summed E-state index contributed by atoms with van der Waals surface area (Å²) in [6.07, 6.45) is -2.07. The van der Waals surface area contributed by atoms with Gasteiger partial charge in [-0.3, -0.25) is 4.79 Å². The second-order valence-corrected chi connectivity index (χ2v) is 7.16. The molecule has 0 N–H and O–H groups in total. The van der Waals surface area contributed by atoms with Gasteiger partial charge in [0.2, 0.25) is 5.91 Å². The fourth-order valence-electron chi connectivity index (χ4n) is 3.71. The maximum Gasteiger partial charge on any atom is 0.417 e. The Morgan fingerprint density at radius 3 is 2.27 bits per heavy atom. The number of piperidine rings is 1. The molecule has 0 aliphatic carbocycles. The molecule has 2 aliphatic rings. The molecule has 2 fully saturated rings. The summed E-state index contributed by atoms with van der Waals surface area (Å²) >= 11 is 0. The van der Waals surface area contributed by atoms with E-state index in [2.05, 4.69) is 4.98 Å². The van der Waals surface area contributed by atoms with Crippen LogP contribution in [-0.4, -0.2) is 54.2 Å². The largest absolute Gasteiger partial charge is 0.417 e. The Morgan fingerprint density at radius 1 is 1.15 bits per heavy atom. The maximum absolute atomic E-state index is 12.8. The molecule has 2 saturated heterocycles. The Bertz CT molecular complexity index is 618. The number of hydrogen-bond donors (Lipinski definition) is 0. The highest BCUT2D eigenvalue weighted by Crippen LogP contribution is 2.30. The van der Waals surface area contributed by atoms with E-state index in [0.29, 0.717) is 44.8 Å². The van der Waals surface area contributed by atoms with Crippen LogP contribution in [0.15, 0.2) is 18.3 Å². The monoisotopic (exact) mass is 371 g/mol. The van der Waals surface area contributed by atoms with Crippen LogP contribution in [0.1, 0.15) is 32.3 Å². The Hall–Kier alpha value is -1.83. The zero-order chi connectivity index (χ0) is 18.9. The van der Waals surface area contributed by atoms with E-state index in [9.17, 15) is 18.0 Å². The predicted octanol–water partition coefficient (Wildman–Crippen LogP) is 2.95. The summed E-state index contributed by atoms with van der Waals surface area (Å²) in [6, 6.07) is 2.45. The first-order valence-electron chi connectivity index (χ1n) is 8.96. The zero-order valence-electron chi connectivity index (χ0n) is 15.0. The number of aromatic nitrogens is 1. The lowest BCUT2D eigenvalue weighted by Gasteiger charge is -2.39. The molecule has 8 heteroatoms. The molecule has 0 aromatic carbocycles. The molecule has 3 rings (SSSR count). The number of anilines is 1. The van der Waals surface area contributed by atoms with E-state index in [1.807, 2.05) is 23.6 Å². The molecule has 0 bridgehead atoms. The number of hydrogen-bond acceptors (Lipinski definition) is 4. The van der Waals surface area contributed by atoms with Crippen LogP contribution in [0.4, 0.5) is 19.0 Å². The van der Waals surface area contributed by atoms with E-state index in [0.717, 1.165) is 12.3 Å². The Morgan fingerprint density at radius 2 is 1.77 bits per heavy atom. The second kappa shape index (κ2) is 7.42. The normalized spacial score (nSPS) is 25.4. The molecule has 3 heterocycles. The molecule has 5 nitrogen and oxygen atoms in total. The van der Waals surface area contributed by atoms with Gasteiger partial charge < -0.3 is 14.5 Å². The quantitative estimate of drug-likeness (QED) is 0.802. The molecule has 0 saturated carbocycles. The van der Waals surface area contributed by atoms with Gasteiger partial charge in [0.15, 0.2) is 0 Å². The van der Waals surface area contributed by atoms with Gasteiger partial charge in [-0.15, -0.1) is 0 Å². The molecule has 1 aromatic heterocycles. The van der Waals surface area contributed by atoms with Crippen molar-refractivity contribution in [3.63, 3.8) is 0 Å². The molecule has 26 heavy (non-hydrogen) atoms. The molecule has 1 aromatic rings. The van der Waals surface area contributed by atoms with Crippen molar-refractivity contribution < 1.29 is 22.7 Å². The Balaban J connectivity index is 1.56. The summed E-state index contributed by atoms with van der Waals surface area (Å²) < 4.78 is 43.6. The van der Waals surface area contributed by atoms with Crippen molar-refractivity contribution in [1.29, 1.82) is 0 Å². The van der Waals surface area contributed by atoms with Crippen LogP contribution in [0.25, 0.3) is 0 Å². The SMILES string of the molecule is CC1CN(C(=O)C2CCN(c3ccc(C(F)(F)F)cn3)CC2)CC(C)O1. The van der Waals surface area contributed by atoms with Gasteiger partial charge in [-0.05, 0) is 38.8 Å². The van der Waals surface area contributed by atoms with Gasteiger partial charge in [-0.2, -0.15) is 13.2 Å². The Labute approximate surface area is 151 Å². The standard InChI is InChI=1S/C18H24F3N3O2/c1-12-10-24(11-13(2)26-12)17(25)14-5-7-23(8-6-14)16-4-3-15(9-22-16)18(19,20)21/h3-4,9,12-14H,5-8,10-11H2,1-2H3. The summed E-state index contributed by atoms with van der Waals surface area (Å²) in [6.45, 7) is 6.39. The first kappa shape index (κ1) is 18.9. The van der Waals surface area contributed by atoms with Crippen LogP contribution in [-0.2, 0) is 15.7 Å². The number of morpholine rings is 1. The zero-order valence-corrected chi connectivity index (χ0v) is 15.0. The number of pyridine rings is 1. The third-order valence-corrected chi connectivity index (χ3v) is 4.97. The van der Waals surface area contributed by atoms with E-state index in [-0.39, 0.29) is 24.0 Å². The van der Waals surface area contributed by atoms with Gasteiger partial charge >= 0.3 is 6.18 Å². The van der Waals surface area contributed by atoms with Crippen LogP contribution in [0, 0.1) is 5.92 Å². The van der Waals surface area contributed by atoms with Gasteiger partial charge in [-0.1, -0.05) is 0 Å². The first-order valence-corrected chi connectivity index (χ1v) is 8.96. The summed E-state index contributed by atoms with van der Waals surface area (Å²) in [5, 5.41) is 0. The molecule has 1 amide bonds. The first-order chi connectivity index (χ1) is 12.2. The highest BCUT2D eigenvalue weighted by molar-refractivity contribution is 5.79. The van der Waals surface area contributed by atoms with E-state index < -0.39 is 11.7 Å². The molecule has 2 atom stereocenters. The van der Waals surface area contributed by atoms with Crippen molar-refractivity contribution in [1.82, 2.24) is 9.88 Å². The van der Waals surface area contributed by atoms with Gasteiger partial charge in [0.1, 0.15) is 5.82 Å². The van der Waals surface area contributed by atoms with E-state index in [1.165, 1.54) is 6.07 Å². The number of rotatable bonds is 2. The van der Waals surface area contributed by atoms with Crippen LogP contribution < -0.4 is 4.90 Å². The molecular formula is C18H24F3N3O2. The van der Waals surface area contributed by atoms with Crippen LogP contribution >= 0.6 is 0 Å². The molecule has 144 valence electrons. The fraction of sp³-hybridized carbons (Fsp3) is 0.667. The summed E-state index contributed by atoms with van der Waals surface area (Å²) in [7, 11) is 0. The Kier molecular flexibility index (Phi) is 5.41. The van der Waals surface area contributed by atoms with Gasteiger partial charge in [0.05, 0.1) is 17.8 Å². The minimum Gasteiger partial charge on any atom is -0.372 e. The number of carbonyl (C=O) groups excluding carboxylic acids is 1. The topological polar surface area (TPSA) is 45.7 Å². The van der Waals surface area contributed by atoms with Crippen molar-refractivity contribution in [2.24, 2.45) is 5.92 Å². The van der Waals surface area contributed by atoms with Gasteiger partial charge in [-0.25, -0.2) is 4.98 Å². The van der Waals surface area contributed by atoms with Crippen molar-refractivity contribution in [3.05, 3.63) is 23.9 Å². The average Bonchev–Trinajstić information content (AvgIpc) is 2.60. The van der Waals surface area contributed by atoms with Crippen LogP contribution in [0.2, 0.25) is 0 Å². The molecule has 2 aliphatic heterocycles. The average molecular weight is 371 g/mol. The van der Waals surface area contributed by atoms with E-state index >= 15 is 0 Å². The highest BCUT2D eigenvalue weighted by Gasteiger charge is 2.34. The molecular weight excluding hydrogens is 347 g/mol. The second-order valence-electron chi connectivity index (χ2n) is 7.16. The minimum atomic E-state index is -4.38. The van der Waals surface area contributed by atoms with Crippen molar-refractivity contribution in [2.75, 3.05) is 31.1 Å². The lowest BCUT2D eigenvalue weighted by molar-refractivity contribution is -0.148. The third-order valence-electron chi connectivity index (χ3n) is 4.97. The van der Waals surface area contributed by atoms with Gasteiger partial charge in [0.25, 0.3) is 0 Å². The highest BCUT2D eigenvalue weighted by atomic mass is 19.4. The summed E-state index contributed by atoms with van der Waals surface area (Å²) in [5.74, 6) is 0.641. The lowest BCUT2D eigenvalue weighted by Crippen LogP contribution is -2.51. The minimum absolute atomic E-state index is 0.0409. The van der Waals surface area contributed by atoms with E-state index in [4.69, 9.17) is 4.74 Å². The van der Waals surface area contributed by atoms with Gasteiger partial charge in [0, 0.05) is 38.3 Å². The maximum atomic E-state index is 12.8. The number of nitrogens with zero attached hydrogens (tertiary/aromatic N) is 3. The van der Waals surface area contributed by atoms with Crippen molar-refractivity contribution in [2.45, 2.75) is 45.1 Å². The van der Waals surface area contributed by atoms with Crippen LogP contribution in [0.3, 0.4) is 0 Å². The van der Waals surface area contributed by atoms with Crippen molar-refractivity contribution >= 4 is 11.7 Å². The third kappa shape index (κ3) is 4.28. The number of alkyl halides is 3. The number of halogens is 3. The van der Waals surface area contributed by atoms with Crippen molar-refractivity contribution in [3.8, 4) is 0 Å². The predicted molar refractivity (Wildman–Crippen MR) is 90.8 cm³/mol. The fourth-order valence-corrected chi connectivity index (χ4v) is 3.71. The van der Waals surface area contributed by atoms with Crippen LogP contribution in [0.5, 0.6) is 0 Å². The number of ether oxygens (including phenoxy) is 1. The summed E-state index contributed by atoms with van der Waals surface area (Å²) in [5.41, 5.74) is -0.748. The summed E-state index contributed by atoms with van der Waals surface area (Å²) in [4.78, 5) is 20.5. The smallest absolute Gasteiger partial charge is 0.372 e. The lowest BCUT2D eigenvalue weighted by atomic mass is 9.94. The molecule has 0 spiro atoms. The number of carbonyl (C=O) groups is 1. The molecule has 0 radical (unpaired) electrons. The van der Waals surface area contributed by atoms with E-state index in [1.54, 1.807) is 0 Å². The molecule has 2 unspecified atom stereocenters. The number of amides is 1.